The lowest BCUT2D eigenvalue weighted by Gasteiger charge is -2.20. The number of ether oxygens (including phenoxy) is 4. The number of hydrogen-bond donors (Lipinski definition) is 9. The van der Waals surface area contributed by atoms with Crippen LogP contribution in [0.5, 0.6) is 0 Å². The molecule has 0 radical (unpaired) electrons. The van der Waals surface area contributed by atoms with Crippen LogP contribution in [-0.4, -0.2) is 274 Å². The second-order valence-corrected chi connectivity index (χ2v) is 25.6. The van der Waals surface area contributed by atoms with E-state index in [9.17, 15) is 86.3 Å². The fraction of sp³-hybridized carbons (Fsp3) is 0.400. The van der Waals surface area contributed by atoms with Gasteiger partial charge < -0.3 is 95.4 Å². The Morgan fingerprint density at radius 2 is 0.641 bits per heavy atom. The zero-order valence-electron chi connectivity index (χ0n) is 68.2. The van der Waals surface area contributed by atoms with Crippen molar-refractivity contribution >= 4 is 112 Å². The molecule has 9 N–H and O–H groups in total. The van der Waals surface area contributed by atoms with Crippen LogP contribution in [0.1, 0.15) is 84.2 Å². The Hall–Kier alpha value is -13.0. The van der Waals surface area contributed by atoms with Gasteiger partial charge in [-0.2, -0.15) is 0 Å². The monoisotopic (exact) mass is 1640 g/mol. The number of anilines is 1. The number of carbonyl (C=O) groups excluding carboxylic acids is 14. The van der Waals surface area contributed by atoms with Gasteiger partial charge in [0, 0.05) is 78.7 Å². The molecule has 5 rings (SSSR count). The van der Waals surface area contributed by atoms with Crippen molar-refractivity contribution in [3.05, 3.63) is 171 Å². The standard InChI is InChI=1S/C16H22N2O4.C15H20N2O5.C15H20N2O4.2C14H18N2O4.C6H9NO5/c1-12(19)11-18(15(20)16(21)22)9-3-4-13-5-7-14(8-6-13)10-17-2;1-16-8-11-4-6-12(7-5-11)9-17(10-13(18)21-2)14(19)15(20)22-3;1-11(18)10-17(14(19)15(20)21)8-7-12-3-5-13(6-4-12)9-16-2;1-10(17)8-16(13(18)14(19)20)9-11-5-4-6-12(7-11)15(2)3;1-10(17)8-16(13(18)14(19)20)9-12-5-3-11(4-6-12)7-15-2;1-11-4(8)3-7-5(9)6(10)12-2/h5-8,17H,3-4,9-11H2,1-2H3,(H,21,22);4-7,16H,8-10H2,1-3H3;3-6,16H,7-10H2,1-2H3,(H,20,21);4-7H,8-9H2,1-3H3,(H,19,20);3-6,15H,7-9H2,1-2H3,(H,19,20);3H2,1-2H3,(H,7,9). The molecule has 0 atom stereocenters. The summed E-state index contributed by atoms with van der Waals surface area (Å²) in [5, 5.41) is 49.2. The van der Waals surface area contributed by atoms with E-state index in [0.717, 1.165) is 122 Å². The molecule has 0 aliphatic carbocycles. The van der Waals surface area contributed by atoms with Gasteiger partial charge in [0.1, 0.15) is 36.2 Å². The number of amides is 6. The Morgan fingerprint density at radius 3 is 0.966 bits per heavy atom. The van der Waals surface area contributed by atoms with E-state index in [0.29, 0.717) is 12.8 Å². The molecule has 0 fully saturated rings. The zero-order valence-corrected chi connectivity index (χ0v) is 68.2. The van der Waals surface area contributed by atoms with E-state index in [2.05, 4.69) is 40.2 Å². The van der Waals surface area contributed by atoms with E-state index in [4.69, 9.17) is 20.4 Å². The number of hydrogen-bond acceptors (Lipinski definition) is 27. The third kappa shape index (κ3) is 44.9. The molecule has 117 heavy (non-hydrogen) atoms. The molecule has 37 nitrogen and oxygen atoms in total. The number of nitrogens with one attached hydrogen (secondary N) is 5. The number of aliphatic carboxylic acids is 4. The predicted octanol–water partition coefficient (Wildman–Crippen LogP) is 0.984. The molecule has 0 heterocycles. The van der Waals surface area contributed by atoms with Crippen molar-refractivity contribution in [2.45, 2.75) is 92.8 Å². The van der Waals surface area contributed by atoms with Crippen LogP contribution in [0.25, 0.3) is 0 Å². The van der Waals surface area contributed by atoms with E-state index in [1.165, 1.54) is 47.5 Å². The second kappa shape index (κ2) is 57.9. The molecule has 37 heteroatoms. The van der Waals surface area contributed by atoms with Gasteiger partial charge in [-0.3, -0.25) is 57.5 Å². The summed E-state index contributed by atoms with van der Waals surface area (Å²) in [6.07, 6.45) is 1.84. The quantitative estimate of drug-likeness (QED) is 0.0157. The molecule has 0 bridgehead atoms. The van der Waals surface area contributed by atoms with Crippen LogP contribution in [0.3, 0.4) is 0 Å². The minimum absolute atomic E-state index is 0.0897. The lowest BCUT2D eigenvalue weighted by Crippen LogP contribution is -2.40. The van der Waals surface area contributed by atoms with Crippen molar-refractivity contribution in [2.75, 3.05) is 128 Å². The number of ketones is 4. The van der Waals surface area contributed by atoms with Crippen LogP contribution in [0.15, 0.2) is 121 Å². The van der Waals surface area contributed by atoms with Crippen molar-refractivity contribution in [1.29, 1.82) is 0 Å². The van der Waals surface area contributed by atoms with Crippen LogP contribution in [0.4, 0.5) is 5.69 Å². The van der Waals surface area contributed by atoms with Crippen molar-refractivity contribution in [2.24, 2.45) is 0 Å². The first-order valence-corrected chi connectivity index (χ1v) is 35.8. The van der Waals surface area contributed by atoms with Crippen molar-refractivity contribution in [1.82, 2.24) is 51.1 Å². The molecule has 0 aliphatic rings. The van der Waals surface area contributed by atoms with Gasteiger partial charge in [0.25, 0.3) is 0 Å². The number of benzene rings is 5. The molecule has 0 spiro atoms. The summed E-state index contributed by atoms with van der Waals surface area (Å²) in [5.41, 5.74) is 9.88. The van der Waals surface area contributed by atoms with Crippen molar-refractivity contribution < 1.29 is 126 Å². The topological polar surface area (TPSA) is 505 Å². The summed E-state index contributed by atoms with van der Waals surface area (Å²) in [5.74, 6) is -16.5. The number of Topliss-reactive ketones (excluding diaryl/α,β-unsaturated/α-hetero) is 4. The average molecular weight is 1640 g/mol. The van der Waals surface area contributed by atoms with Crippen molar-refractivity contribution in [3.63, 3.8) is 0 Å². The first kappa shape index (κ1) is 104. The Balaban J connectivity index is 0.00000139. The zero-order chi connectivity index (χ0) is 88.9. The normalized spacial score (nSPS) is 9.93. The smallest absolute Gasteiger partial charge is 0.396 e. The SMILES string of the molecule is CC(=O)CN(Cc1cccc(N(C)C)c1)C(=O)C(=O)O.CNCc1ccc(CCCN(CC(C)=O)C(=O)C(=O)O)cc1.CNCc1ccc(CCN(CC(C)=O)C(=O)C(=O)O)cc1.CNCc1ccc(CN(CC(=O)OC)C(=O)C(=O)OC)cc1.CNCc1ccc(CN(CC(C)=O)C(=O)C(=O)O)cc1.COC(=O)CNC(=O)C(=O)OC. The van der Waals surface area contributed by atoms with Crippen molar-refractivity contribution in [3.8, 4) is 0 Å². The summed E-state index contributed by atoms with van der Waals surface area (Å²) in [4.78, 5) is 207. The second-order valence-electron chi connectivity index (χ2n) is 25.6. The molecular formula is C80H107N11O26. The molecule has 0 aliphatic heterocycles. The minimum atomic E-state index is -1.56. The Labute approximate surface area is 678 Å². The molecule has 6 amide bonds. The first-order chi connectivity index (χ1) is 55.2. The van der Waals surface area contributed by atoms with Crippen LogP contribution < -0.4 is 31.5 Å². The number of rotatable bonds is 34. The fourth-order valence-corrected chi connectivity index (χ4v) is 9.87. The molecule has 5 aromatic carbocycles. The van der Waals surface area contributed by atoms with Gasteiger partial charge in [-0.1, -0.05) is 109 Å². The van der Waals surface area contributed by atoms with Crippen LogP contribution in [-0.2, 0) is 164 Å². The highest BCUT2D eigenvalue weighted by Gasteiger charge is 2.28. The highest BCUT2D eigenvalue weighted by Crippen LogP contribution is 2.17. The first-order valence-electron chi connectivity index (χ1n) is 35.8. The van der Waals surface area contributed by atoms with Gasteiger partial charge in [-0.15, -0.1) is 0 Å². The summed E-state index contributed by atoms with van der Waals surface area (Å²) in [6.45, 7) is 7.68. The molecule has 5 aromatic rings. The number of carboxylic acids is 4. The summed E-state index contributed by atoms with van der Waals surface area (Å²) in [6, 6.07) is 38.2. The molecule has 0 saturated heterocycles. The highest BCUT2D eigenvalue weighted by molar-refractivity contribution is 6.34. The average Bonchev–Trinajstić information content (AvgIpc) is 0.889. The Bertz CT molecular complexity index is 4120. The molecule has 0 unspecified atom stereocenters. The third-order valence-electron chi connectivity index (χ3n) is 15.4. The number of aryl methyl sites for hydroxylation is 1. The van der Waals surface area contributed by atoms with Gasteiger partial charge >= 0.3 is 83.2 Å². The van der Waals surface area contributed by atoms with Gasteiger partial charge in [0.2, 0.25) is 0 Å². The van der Waals surface area contributed by atoms with Gasteiger partial charge in [-0.05, 0) is 137 Å². The number of carboxylic acid groups (broad SMARTS) is 4. The van der Waals surface area contributed by atoms with Crippen LogP contribution in [0.2, 0.25) is 0 Å². The number of methoxy groups -OCH3 is 4. The number of nitrogens with zero attached hydrogens (tertiary/aromatic N) is 6. The van der Waals surface area contributed by atoms with E-state index in [1.54, 1.807) is 6.07 Å². The van der Waals surface area contributed by atoms with Gasteiger partial charge in [0.05, 0.1) is 54.6 Å². The predicted molar refractivity (Wildman–Crippen MR) is 423 cm³/mol. The Kier molecular flexibility index (Phi) is 51.5. The largest absolute Gasteiger partial charge is 0.474 e. The maximum atomic E-state index is 11.9. The summed E-state index contributed by atoms with van der Waals surface area (Å²) >= 11 is 0. The van der Waals surface area contributed by atoms with Gasteiger partial charge in [0.15, 0.2) is 0 Å². The van der Waals surface area contributed by atoms with Gasteiger partial charge in [-0.25, -0.2) is 28.8 Å². The number of carbonyl (C=O) groups is 18. The third-order valence-corrected chi connectivity index (χ3v) is 15.4. The van der Waals surface area contributed by atoms with Crippen LogP contribution >= 0.6 is 0 Å². The van der Waals surface area contributed by atoms with E-state index < -0.39 is 83.2 Å². The number of esters is 4. The molecular weight excluding hydrogens is 1530 g/mol. The lowest BCUT2D eigenvalue weighted by molar-refractivity contribution is -0.160. The summed E-state index contributed by atoms with van der Waals surface area (Å²) < 4.78 is 17.2. The van der Waals surface area contributed by atoms with Crippen LogP contribution in [0, 0.1) is 0 Å². The van der Waals surface area contributed by atoms with E-state index in [-0.39, 0.29) is 95.1 Å². The van der Waals surface area contributed by atoms with E-state index >= 15 is 0 Å². The molecule has 0 aromatic heterocycles. The minimum Gasteiger partial charge on any atom is -0.474 e. The molecule has 638 valence electrons. The fourth-order valence-electron chi connectivity index (χ4n) is 9.87. The summed E-state index contributed by atoms with van der Waals surface area (Å²) in [7, 11) is 15.8. The highest BCUT2D eigenvalue weighted by atomic mass is 16.5. The Morgan fingerprint density at radius 1 is 0.333 bits per heavy atom. The van der Waals surface area contributed by atoms with E-state index in [1.807, 2.05) is 168 Å². The lowest BCUT2D eigenvalue weighted by atomic mass is 10.1. The maximum absolute atomic E-state index is 11.9. The maximum Gasteiger partial charge on any atom is 0.396 e. The molecule has 0 saturated carbocycles.